The lowest BCUT2D eigenvalue weighted by atomic mass is 10.2. The number of rotatable bonds is 5. The molecule has 2 aromatic carbocycles. The van der Waals surface area contributed by atoms with Crippen molar-refractivity contribution in [1.29, 1.82) is 0 Å². The van der Waals surface area contributed by atoms with Crippen molar-refractivity contribution < 1.29 is 4.79 Å². The van der Waals surface area contributed by atoms with Crippen molar-refractivity contribution >= 4 is 23.5 Å². The summed E-state index contributed by atoms with van der Waals surface area (Å²) in [5.74, 6) is 0.404. The van der Waals surface area contributed by atoms with Crippen LogP contribution in [0, 0.1) is 5.92 Å². The summed E-state index contributed by atoms with van der Waals surface area (Å²) in [6.07, 6.45) is 3.61. The molecule has 0 heterocycles. The van der Waals surface area contributed by atoms with Gasteiger partial charge in [0.1, 0.15) is 0 Å². The van der Waals surface area contributed by atoms with Crippen molar-refractivity contribution in [2.24, 2.45) is 5.92 Å². The predicted octanol–water partition coefficient (Wildman–Crippen LogP) is 5.13. The van der Waals surface area contributed by atoms with Crippen LogP contribution >= 0.6 is 11.8 Å². The molecule has 2 N–H and O–H groups in total. The van der Waals surface area contributed by atoms with E-state index in [4.69, 9.17) is 0 Å². The van der Waals surface area contributed by atoms with E-state index in [1.807, 2.05) is 60.7 Å². The second-order valence-corrected chi connectivity index (χ2v) is 6.23. The Balaban J connectivity index is 2.04. The number of para-hydroxylation sites is 1. The van der Waals surface area contributed by atoms with E-state index in [-0.39, 0.29) is 6.03 Å². The minimum atomic E-state index is -0.238. The van der Waals surface area contributed by atoms with Gasteiger partial charge in [0.15, 0.2) is 0 Å². The van der Waals surface area contributed by atoms with Crippen LogP contribution in [0.4, 0.5) is 10.5 Å². The van der Waals surface area contributed by atoms with Crippen molar-refractivity contribution in [3.8, 4) is 0 Å². The Morgan fingerprint density at radius 1 is 1.05 bits per heavy atom. The molecule has 0 aliphatic heterocycles. The van der Waals surface area contributed by atoms with Crippen LogP contribution in [0.5, 0.6) is 0 Å². The molecular formula is C18H20N2OS. The Hall–Kier alpha value is -2.20. The van der Waals surface area contributed by atoms with Gasteiger partial charge in [0.05, 0.1) is 5.69 Å². The molecule has 0 fully saturated rings. The third-order valence-electron chi connectivity index (χ3n) is 2.80. The molecule has 0 saturated carbocycles. The highest BCUT2D eigenvalue weighted by Gasteiger charge is 2.06. The lowest BCUT2D eigenvalue weighted by Gasteiger charge is -2.10. The normalized spacial score (nSPS) is 10.9. The van der Waals surface area contributed by atoms with E-state index in [0.29, 0.717) is 5.92 Å². The highest BCUT2D eigenvalue weighted by atomic mass is 32.2. The van der Waals surface area contributed by atoms with Crippen LogP contribution in [-0.2, 0) is 0 Å². The smallest absolute Gasteiger partial charge is 0.315 e. The number of carbonyl (C=O) groups is 1. The Morgan fingerprint density at radius 3 is 2.45 bits per heavy atom. The minimum absolute atomic E-state index is 0.238. The molecule has 2 amide bonds. The number of carbonyl (C=O) groups excluding carboxylic acids is 1. The Bertz CT molecular complexity index is 639. The molecule has 114 valence electrons. The van der Waals surface area contributed by atoms with Gasteiger partial charge < -0.3 is 10.6 Å². The fourth-order valence-electron chi connectivity index (χ4n) is 1.75. The number of benzene rings is 2. The van der Waals surface area contributed by atoms with Gasteiger partial charge in [-0.25, -0.2) is 4.79 Å². The maximum absolute atomic E-state index is 11.9. The predicted molar refractivity (Wildman–Crippen MR) is 93.1 cm³/mol. The first-order valence-corrected chi connectivity index (χ1v) is 8.03. The van der Waals surface area contributed by atoms with Gasteiger partial charge in [-0.1, -0.05) is 62.0 Å². The number of hydrogen-bond donors (Lipinski definition) is 2. The zero-order chi connectivity index (χ0) is 15.8. The van der Waals surface area contributed by atoms with Crippen molar-refractivity contribution in [1.82, 2.24) is 5.32 Å². The molecule has 0 aliphatic carbocycles. The molecule has 0 unspecified atom stereocenters. The summed E-state index contributed by atoms with van der Waals surface area (Å²) in [6, 6.07) is 17.6. The molecule has 2 rings (SSSR count). The summed E-state index contributed by atoms with van der Waals surface area (Å²) >= 11 is 1.62. The highest BCUT2D eigenvalue weighted by Crippen LogP contribution is 2.33. The van der Waals surface area contributed by atoms with Gasteiger partial charge in [0.25, 0.3) is 0 Å². The lowest BCUT2D eigenvalue weighted by molar-refractivity contribution is 0.255. The van der Waals surface area contributed by atoms with Crippen LogP contribution in [0.3, 0.4) is 0 Å². The summed E-state index contributed by atoms with van der Waals surface area (Å²) in [4.78, 5) is 14.1. The first-order chi connectivity index (χ1) is 10.6. The lowest BCUT2D eigenvalue weighted by Crippen LogP contribution is -2.24. The fourth-order valence-corrected chi connectivity index (χ4v) is 2.67. The molecule has 0 spiro atoms. The molecule has 0 bridgehead atoms. The van der Waals surface area contributed by atoms with Crippen molar-refractivity contribution in [3.63, 3.8) is 0 Å². The maximum atomic E-state index is 11.9. The molecular weight excluding hydrogens is 292 g/mol. The minimum Gasteiger partial charge on any atom is -0.315 e. The van der Waals surface area contributed by atoms with E-state index in [2.05, 4.69) is 24.5 Å². The van der Waals surface area contributed by atoms with Gasteiger partial charge in [-0.15, -0.1) is 0 Å². The molecule has 0 aromatic heterocycles. The number of allylic oxidation sites excluding steroid dienone is 1. The average molecular weight is 312 g/mol. The van der Waals surface area contributed by atoms with Gasteiger partial charge in [-0.05, 0) is 30.2 Å². The number of amides is 2. The van der Waals surface area contributed by atoms with Gasteiger partial charge in [0, 0.05) is 16.0 Å². The van der Waals surface area contributed by atoms with Crippen molar-refractivity contribution in [2.75, 3.05) is 5.32 Å². The molecule has 0 aliphatic rings. The van der Waals surface area contributed by atoms with Gasteiger partial charge in [0.2, 0.25) is 0 Å². The van der Waals surface area contributed by atoms with Crippen LogP contribution in [0.15, 0.2) is 76.7 Å². The zero-order valence-electron chi connectivity index (χ0n) is 12.7. The van der Waals surface area contributed by atoms with Crippen molar-refractivity contribution in [2.45, 2.75) is 23.6 Å². The van der Waals surface area contributed by atoms with E-state index < -0.39 is 0 Å². The zero-order valence-corrected chi connectivity index (χ0v) is 13.6. The third-order valence-corrected chi connectivity index (χ3v) is 3.89. The molecule has 0 saturated heterocycles. The molecule has 2 aromatic rings. The number of hydrogen-bond acceptors (Lipinski definition) is 2. The third kappa shape index (κ3) is 5.30. The summed E-state index contributed by atoms with van der Waals surface area (Å²) in [6.45, 7) is 4.11. The van der Waals surface area contributed by atoms with Gasteiger partial charge in [-0.3, -0.25) is 0 Å². The Kier molecular flexibility index (Phi) is 6.10. The number of anilines is 1. The summed E-state index contributed by atoms with van der Waals surface area (Å²) in [5.41, 5.74) is 0.798. The monoisotopic (exact) mass is 312 g/mol. The standard InChI is InChI=1S/C18H20N2OS/c1-14(2)12-13-19-18(21)20-16-10-6-7-11-17(16)22-15-8-4-3-5-9-15/h3-14H,1-2H3,(H2,19,20,21)/b13-12+. The largest absolute Gasteiger partial charge is 0.323 e. The van der Waals surface area contributed by atoms with E-state index in [1.54, 1.807) is 18.0 Å². The first kappa shape index (κ1) is 16.2. The number of urea groups is 1. The molecule has 0 radical (unpaired) electrons. The Morgan fingerprint density at radius 2 is 1.73 bits per heavy atom. The van der Waals surface area contributed by atoms with Crippen LogP contribution in [0.2, 0.25) is 0 Å². The second-order valence-electron chi connectivity index (χ2n) is 5.11. The molecule has 0 atom stereocenters. The van der Waals surface area contributed by atoms with Gasteiger partial charge in [-0.2, -0.15) is 0 Å². The van der Waals surface area contributed by atoms with E-state index in [0.717, 1.165) is 15.5 Å². The molecule has 4 heteroatoms. The SMILES string of the molecule is CC(C)/C=C/NC(=O)Nc1ccccc1Sc1ccccc1. The van der Waals surface area contributed by atoms with Crippen LogP contribution < -0.4 is 10.6 Å². The fraction of sp³-hybridized carbons (Fsp3) is 0.167. The van der Waals surface area contributed by atoms with Crippen LogP contribution in [0.1, 0.15) is 13.8 Å². The van der Waals surface area contributed by atoms with Crippen LogP contribution in [-0.4, -0.2) is 6.03 Å². The Labute approximate surface area is 135 Å². The van der Waals surface area contributed by atoms with E-state index in [9.17, 15) is 4.79 Å². The first-order valence-electron chi connectivity index (χ1n) is 7.21. The van der Waals surface area contributed by atoms with Crippen molar-refractivity contribution in [3.05, 3.63) is 66.9 Å². The summed E-state index contributed by atoms with van der Waals surface area (Å²) in [5, 5.41) is 5.60. The molecule has 22 heavy (non-hydrogen) atoms. The van der Waals surface area contributed by atoms with E-state index >= 15 is 0 Å². The van der Waals surface area contributed by atoms with E-state index in [1.165, 1.54) is 0 Å². The number of nitrogens with one attached hydrogen (secondary N) is 2. The van der Waals surface area contributed by atoms with Crippen LogP contribution in [0.25, 0.3) is 0 Å². The van der Waals surface area contributed by atoms with Gasteiger partial charge >= 0.3 is 6.03 Å². The topological polar surface area (TPSA) is 41.1 Å². The average Bonchev–Trinajstić information content (AvgIpc) is 2.50. The quantitative estimate of drug-likeness (QED) is 0.803. The summed E-state index contributed by atoms with van der Waals surface area (Å²) < 4.78 is 0. The highest BCUT2D eigenvalue weighted by molar-refractivity contribution is 7.99. The second kappa shape index (κ2) is 8.29. The molecule has 3 nitrogen and oxygen atoms in total. The maximum Gasteiger partial charge on any atom is 0.323 e. The summed E-state index contributed by atoms with van der Waals surface area (Å²) in [7, 11) is 0.